The predicted molar refractivity (Wildman–Crippen MR) is 142 cm³/mol. The van der Waals surface area contributed by atoms with Crippen LogP contribution >= 0.6 is 0 Å². The van der Waals surface area contributed by atoms with Crippen LogP contribution in [0.5, 0.6) is 17.2 Å². The number of nitrogens with zero attached hydrogens (tertiary/aromatic N) is 1. The predicted octanol–water partition coefficient (Wildman–Crippen LogP) is 5.89. The van der Waals surface area contributed by atoms with Gasteiger partial charge in [-0.25, -0.2) is 4.39 Å². The van der Waals surface area contributed by atoms with Crippen LogP contribution in [-0.4, -0.2) is 45.8 Å². The first-order chi connectivity index (χ1) is 16.9. The maximum atomic E-state index is 14.3. The fourth-order valence-electron chi connectivity index (χ4n) is 5.23. The average Bonchev–Trinajstić information content (AvgIpc) is 3.40. The second-order valence-corrected chi connectivity index (χ2v) is 9.13. The minimum absolute atomic E-state index is 0.107. The molecule has 2 fully saturated rings. The van der Waals surface area contributed by atoms with Crippen LogP contribution in [0, 0.1) is 23.6 Å². The van der Waals surface area contributed by atoms with E-state index in [1.165, 1.54) is 38.1 Å². The van der Waals surface area contributed by atoms with Gasteiger partial charge in [-0.1, -0.05) is 13.8 Å². The standard InChI is InChI=1S/C26H34FN3O3.C2H6/c1-5-23(33-24-7-6-19(28)10-21(24)27)20-11-25(31-4)26(12-22(20)29-2)32-15-16-8-17-13-30(3)14-18(17)9-16;1-2/h5-7,10-12,16-18,29H,8-9,13-15,28H2,1-4H3;1-2H3/b23-5+;. The van der Waals surface area contributed by atoms with Crippen LogP contribution in [0.3, 0.4) is 0 Å². The van der Waals surface area contributed by atoms with Crippen LogP contribution in [0.15, 0.2) is 36.4 Å². The second kappa shape index (κ2) is 12.2. The molecule has 0 radical (unpaired) electrons. The van der Waals surface area contributed by atoms with E-state index in [4.69, 9.17) is 19.9 Å². The number of anilines is 2. The third-order valence-electron chi connectivity index (χ3n) is 6.78. The Kier molecular flexibility index (Phi) is 9.26. The van der Waals surface area contributed by atoms with Gasteiger partial charge in [0.1, 0.15) is 5.76 Å². The van der Waals surface area contributed by atoms with Crippen molar-refractivity contribution in [3.05, 3.63) is 47.8 Å². The number of hydrogen-bond donors (Lipinski definition) is 2. The van der Waals surface area contributed by atoms with Crippen molar-refractivity contribution in [2.45, 2.75) is 33.6 Å². The van der Waals surface area contributed by atoms with Gasteiger partial charge < -0.3 is 30.2 Å². The lowest BCUT2D eigenvalue weighted by molar-refractivity contribution is 0.227. The van der Waals surface area contributed by atoms with Gasteiger partial charge in [0.15, 0.2) is 23.1 Å². The summed E-state index contributed by atoms with van der Waals surface area (Å²) in [5.41, 5.74) is 7.56. The van der Waals surface area contributed by atoms with Crippen molar-refractivity contribution >= 4 is 17.1 Å². The zero-order valence-corrected chi connectivity index (χ0v) is 21.9. The highest BCUT2D eigenvalue weighted by molar-refractivity contribution is 5.77. The van der Waals surface area contributed by atoms with Crippen molar-refractivity contribution in [1.82, 2.24) is 4.90 Å². The number of ether oxygens (including phenoxy) is 3. The van der Waals surface area contributed by atoms with Crippen molar-refractivity contribution < 1.29 is 18.6 Å². The molecule has 35 heavy (non-hydrogen) atoms. The highest BCUT2D eigenvalue weighted by Gasteiger charge is 2.39. The molecule has 6 nitrogen and oxygen atoms in total. The van der Waals surface area contributed by atoms with E-state index in [9.17, 15) is 4.39 Å². The molecule has 3 N–H and O–H groups in total. The number of likely N-dealkylation sites (tertiary alicyclic amines) is 1. The maximum absolute atomic E-state index is 14.3. The summed E-state index contributed by atoms with van der Waals surface area (Å²) < 4.78 is 32.1. The molecule has 7 heteroatoms. The number of benzene rings is 2. The van der Waals surface area contributed by atoms with E-state index in [1.807, 2.05) is 40.0 Å². The number of allylic oxidation sites excluding steroid dienone is 1. The monoisotopic (exact) mass is 485 g/mol. The number of nitrogens with one attached hydrogen (secondary N) is 1. The molecule has 2 aromatic rings. The fraction of sp³-hybridized carbons (Fsp3) is 0.500. The van der Waals surface area contributed by atoms with Crippen molar-refractivity contribution in [2.24, 2.45) is 17.8 Å². The number of hydrogen-bond acceptors (Lipinski definition) is 6. The summed E-state index contributed by atoms with van der Waals surface area (Å²) in [7, 11) is 5.66. The third kappa shape index (κ3) is 6.20. The number of nitrogen functional groups attached to an aromatic ring is 1. The van der Waals surface area contributed by atoms with Gasteiger partial charge in [0.2, 0.25) is 0 Å². The second-order valence-electron chi connectivity index (χ2n) is 9.13. The molecule has 2 atom stereocenters. The van der Waals surface area contributed by atoms with E-state index in [1.54, 1.807) is 19.3 Å². The van der Waals surface area contributed by atoms with Gasteiger partial charge in [-0.05, 0) is 68.8 Å². The molecule has 1 aliphatic heterocycles. The molecule has 0 amide bonds. The Morgan fingerprint density at radius 1 is 1.11 bits per heavy atom. The summed E-state index contributed by atoms with van der Waals surface area (Å²) in [6.07, 6.45) is 4.23. The quantitative estimate of drug-likeness (QED) is 0.359. The van der Waals surface area contributed by atoms with Crippen LogP contribution in [0.4, 0.5) is 15.8 Å². The first-order valence-corrected chi connectivity index (χ1v) is 12.5. The molecule has 4 rings (SSSR count). The summed E-state index contributed by atoms with van der Waals surface area (Å²) >= 11 is 0. The first-order valence-electron chi connectivity index (χ1n) is 12.5. The molecule has 2 aromatic carbocycles. The number of nitrogens with two attached hydrogens (primary N) is 1. The van der Waals surface area contributed by atoms with Gasteiger partial charge in [0, 0.05) is 49.2 Å². The molecule has 0 spiro atoms. The highest BCUT2D eigenvalue weighted by Crippen LogP contribution is 2.42. The van der Waals surface area contributed by atoms with E-state index >= 15 is 0 Å². The van der Waals surface area contributed by atoms with Crippen LogP contribution < -0.4 is 25.3 Å². The summed E-state index contributed by atoms with van der Waals surface area (Å²) in [5, 5.41) is 3.20. The van der Waals surface area contributed by atoms with Gasteiger partial charge in [0.05, 0.1) is 13.7 Å². The van der Waals surface area contributed by atoms with Crippen molar-refractivity contribution in [2.75, 3.05) is 52.0 Å². The molecule has 2 aliphatic rings. The minimum Gasteiger partial charge on any atom is -0.493 e. The zero-order chi connectivity index (χ0) is 25.5. The number of halogens is 1. The lowest BCUT2D eigenvalue weighted by Gasteiger charge is -2.20. The van der Waals surface area contributed by atoms with E-state index < -0.39 is 5.82 Å². The maximum Gasteiger partial charge on any atom is 0.167 e. The molecule has 1 aliphatic carbocycles. The van der Waals surface area contributed by atoms with Crippen molar-refractivity contribution in [3.8, 4) is 17.2 Å². The highest BCUT2D eigenvalue weighted by atomic mass is 19.1. The summed E-state index contributed by atoms with van der Waals surface area (Å²) in [6.45, 7) is 8.92. The number of rotatable bonds is 8. The largest absolute Gasteiger partial charge is 0.493 e. The van der Waals surface area contributed by atoms with Crippen LogP contribution in [-0.2, 0) is 0 Å². The Bertz CT molecular complexity index is 1010. The number of methoxy groups -OCH3 is 1. The Morgan fingerprint density at radius 2 is 1.80 bits per heavy atom. The van der Waals surface area contributed by atoms with Gasteiger partial charge in [-0.2, -0.15) is 0 Å². The normalized spacial score (nSPS) is 21.7. The Labute approximate surface area is 209 Å². The summed E-state index contributed by atoms with van der Waals surface area (Å²) in [6, 6.07) is 8.16. The van der Waals surface area contributed by atoms with Crippen LogP contribution in [0.2, 0.25) is 0 Å². The first kappa shape index (κ1) is 26.7. The van der Waals surface area contributed by atoms with E-state index in [2.05, 4.69) is 17.3 Å². The molecule has 1 saturated carbocycles. The molecule has 0 aromatic heterocycles. The SMILES string of the molecule is C/C=C(/Oc1ccc(N)cc1F)c1cc(OC)c(OCC2CC3CN(C)CC3C2)cc1NC.CC. The molecule has 2 unspecified atom stereocenters. The average molecular weight is 486 g/mol. The van der Waals surface area contributed by atoms with Crippen molar-refractivity contribution in [3.63, 3.8) is 0 Å². The molecule has 0 bridgehead atoms. The van der Waals surface area contributed by atoms with E-state index in [-0.39, 0.29) is 5.75 Å². The minimum atomic E-state index is -0.514. The molecular weight excluding hydrogens is 445 g/mol. The van der Waals surface area contributed by atoms with Gasteiger partial charge in [-0.15, -0.1) is 0 Å². The lowest BCUT2D eigenvalue weighted by atomic mass is 10.0. The van der Waals surface area contributed by atoms with Crippen LogP contribution in [0.25, 0.3) is 5.76 Å². The summed E-state index contributed by atoms with van der Waals surface area (Å²) in [5.74, 6) is 3.56. The van der Waals surface area contributed by atoms with Gasteiger partial charge >= 0.3 is 0 Å². The lowest BCUT2D eigenvalue weighted by Crippen LogP contribution is -2.18. The smallest absolute Gasteiger partial charge is 0.167 e. The van der Waals surface area contributed by atoms with E-state index in [0.29, 0.717) is 35.5 Å². The van der Waals surface area contributed by atoms with Crippen molar-refractivity contribution in [1.29, 1.82) is 0 Å². The van der Waals surface area contributed by atoms with E-state index in [0.717, 1.165) is 23.1 Å². The topological polar surface area (TPSA) is 69.0 Å². The third-order valence-corrected chi connectivity index (χ3v) is 6.78. The Hall–Kier alpha value is -2.93. The Morgan fingerprint density at radius 3 is 2.37 bits per heavy atom. The molecular formula is C28H40FN3O3. The Balaban J connectivity index is 0.00000167. The van der Waals surface area contributed by atoms with Crippen LogP contribution in [0.1, 0.15) is 39.2 Å². The van der Waals surface area contributed by atoms with Gasteiger partial charge in [0.25, 0.3) is 0 Å². The van der Waals surface area contributed by atoms with Gasteiger partial charge in [-0.3, -0.25) is 0 Å². The molecule has 1 saturated heterocycles. The fourth-order valence-corrected chi connectivity index (χ4v) is 5.23. The summed E-state index contributed by atoms with van der Waals surface area (Å²) in [4.78, 5) is 2.44. The number of fused-ring (bicyclic) bond motifs is 1. The molecule has 192 valence electrons. The molecule has 1 heterocycles. The zero-order valence-electron chi connectivity index (χ0n) is 21.9.